The Balaban J connectivity index is 2.89. The molecule has 0 aromatic heterocycles. The lowest BCUT2D eigenvalue weighted by Crippen LogP contribution is -2.19. The molecule has 0 amide bonds. The summed E-state index contributed by atoms with van der Waals surface area (Å²) in [6.07, 6.45) is 10.4. The number of hydrogen-bond donors (Lipinski definition) is 1. The fourth-order valence-corrected chi connectivity index (χ4v) is 1.50. The Bertz CT molecular complexity index is 134. The van der Waals surface area contributed by atoms with Gasteiger partial charge in [0.25, 0.3) is 0 Å². The standard InChI is InChI=1S/C13H26NO/c1-13(2)14-11-9-7-5-3-4-6-8-10-12-15/h11-14H,3-10H2,1-2H3. The van der Waals surface area contributed by atoms with E-state index in [2.05, 4.69) is 25.7 Å². The lowest BCUT2D eigenvalue weighted by atomic mass is 10.1. The monoisotopic (exact) mass is 212 g/mol. The van der Waals surface area contributed by atoms with Crippen molar-refractivity contribution in [2.45, 2.75) is 71.3 Å². The van der Waals surface area contributed by atoms with Crippen LogP contribution in [-0.4, -0.2) is 12.3 Å². The number of carbonyl (C=O) groups excluding carboxylic acids is 1. The molecule has 0 aliphatic heterocycles. The van der Waals surface area contributed by atoms with E-state index < -0.39 is 0 Å². The molecule has 0 saturated heterocycles. The van der Waals surface area contributed by atoms with Gasteiger partial charge in [-0.3, -0.25) is 0 Å². The van der Waals surface area contributed by atoms with Gasteiger partial charge in [-0.15, -0.1) is 0 Å². The molecule has 0 saturated carbocycles. The first-order valence-electron chi connectivity index (χ1n) is 6.28. The third kappa shape index (κ3) is 13.6. The second kappa shape index (κ2) is 11.7. The minimum absolute atomic E-state index is 0.563. The van der Waals surface area contributed by atoms with Gasteiger partial charge in [-0.2, -0.15) is 0 Å². The average Bonchev–Trinajstić information content (AvgIpc) is 2.20. The number of rotatable bonds is 11. The molecule has 0 fully saturated rings. The van der Waals surface area contributed by atoms with Gasteiger partial charge < -0.3 is 10.1 Å². The Labute approximate surface area is 94.8 Å². The molecule has 89 valence electrons. The van der Waals surface area contributed by atoms with Crippen LogP contribution in [0.15, 0.2) is 0 Å². The molecule has 15 heavy (non-hydrogen) atoms. The molecular formula is C13H26NO. The summed E-state index contributed by atoms with van der Waals surface area (Å²) >= 11 is 0. The summed E-state index contributed by atoms with van der Waals surface area (Å²) in [6, 6.07) is 0.563. The van der Waals surface area contributed by atoms with E-state index in [9.17, 15) is 4.79 Å². The van der Waals surface area contributed by atoms with Crippen LogP contribution in [0.25, 0.3) is 0 Å². The number of carbonyl (C=O) groups is 1. The maximum Gasteiger partial charge on any atom is 0.119 e. The van der Waals surface area contributed by atoms with E-state index in [0.717, 1.165) is 19.1 Å². The van der Waals surface area contributed by atoms with Crippen LogP contribution in [0, 0.1) is 6.54 Å². The first kappa shape index (κ1) is 14.6. The number of aldehydes is 1. The van der Waals surface area contributed by atoms with Crippen molar-refractivity contribution in [1.82, 2.24) is 5.32 Å². The highest BCUT2D eigenvalue weighted by atomic mass is 16.1. The van der Waals surface area contributed by atoms with Gasteiger partial charge >= 0.3 is 0 Å². The van der Waals surface area contributed by atoms with Crippen LogP contribution in [-0.2, 0) is 4.79 Å². The molecule has 0 rings (SSSR count). The Morgan fingerprint density at radius 2 is 1.47 bits per heavy atom. The van der Waals surface area contributed by atoms with Gasteiger partial charge in [-0.05, 0) is 12.8 Å². The average molecular weight is 212 g/mol. The van der Waals surface area contributed by atoms with Crippen LogP contribution in [0.4, 0.5) is 0 Å². The Hall–Kier alpha value is -0.370. The molecule has 0 aromatic rings. The van der Waals surface area contributed by atoms with Crippen molar-refractivity contribution in [3.63, 3.8) is 0 Å². The third-order valence-corrected chi connectivity index (χ3v) is 2.37. The third-order valence-electron chi connectivity index (χ3n) is 2.37. The Morgan fingerprint density at radius 1 is 0.933 bits per heavy atom. The summed E-state index contributed by atoms with van der Waals surface area (Å²) in [5.74, 6) is 0. The summed E-state index contributed by atoms with van der Waals surface area (Å²) in [7, 11) is 0. The molecule has 0 bridgehead atoms. The van der Waals surface area contributed by atoms with Gasteiger partial charge in [-0.1, -0.05) is 46.0 Å². The van der Waals surface area contributed by atoms with Crippen molar-refractivity contribution in [2.24, 2.45) is 0 Å². The predicted molar refractivity (Wildman–Crippen MR) is 65.6 cm³/mol. The van der Waals surface area contributed by atoms with Gasteiger partial charge in [0.1, 0.15) is 6.29 Å². The first-order valence-corrected chi connectivity index (χ1v) is 6.28. The topological polar surface area (TPSA) is 29.1 Å². The van der Waals surface area contributed by atoms with E-state index in [0.29, 0.717) is 6.04 Å². The van der Waals surface area contributed by atoms with Gasteiger partial charge in [-0.25, -0.2) is 0 Å². The lowest BCUT2D eigenvalue weighted by Gasteiger charge is -2.06. The smallest absolute Gasteiger partial charge is 0.119 e. The zero-order valence-electron chi connectivity index (χ0n) is 10.3. The van der Waals surface area contributed by atoms with E-state index in [4.69, 9.17) is 0 Å². The number of nitrogens with one attached hydrogen (secondary N) is 1. The number of hydrogen-bond acceptors (Lipinski definition) is 2. The zero-order chi connectivity index (χ0) is 11.4. The SMILES string of the molecule is CC(C)N[CH]CCCCCCCCC=O. The summed E-state index contributed by atoms with van der Waals surface area (Å²) < 4.78 is 0. The first-order chi connectivity index (χ1) is 7.27. The summed E-state index contributed by atoms with van der Waals surface area (Å²) in [5, 5.41) is 3.30. The van der Waals surface area contributed by atoms with Gasteiger partial charge in [0.15, 0.2) is 0 Å². The molecule has 1 N–H and O–H groups in total. The molecule has 2 nitrogen and oxygen atoms in total. The maximum atomic E-state index is 10.1. The Kier molecular flexibility index (Phi) is 11.4. The molecule has 0 unspecified atom stereocenters. The molecule has 2 heteroatoms. The normalized spacial score (nSPS) is 10.9. The highest BCUT2D eigenvalue weighted by molar-refractivity contribution is 5.48. The molecule has 0 atom stereocenters. The van der Waals surface area contributed by atoms with Crippen LogP contribution < -0.4 is 5.32 Å². The molecule has 0 heterocycles. The van der Waals surface area contributed by atoms with Crippen molar-refractivity contribution in [1.29, 1.82) is 0 Å². The molecular weight excluding hydrogens is 186 g/mol. The predicted octanol–water partition coefficient (Wildman–Crippen LogP) is 3.47. The fraction of sp³-hybridized carbons (Fsp3) is 0.846. The van der Waals surface area contributed by atoms with E-state index in [1.165, 1.54) is 38.5 Å². The summed E-state index contributed by atoms with van der Waals surface area (Å²) in [6.45, 7) is 6.49. The second-order valence-electron chi connectivity index (χ2n) is 4.39. The van der Waals surface area contributed by atoms with Crippen molar-refractivity contribution >= 4 is 6.29 Å². The van der Waals surface area contributed by atoms with Crippen LogP contribution in [0.5, 0.6) is 0 Å². The quantitative estimate of drug-likeness (QED) is 0.420. The van der Waals surface area contributed by atoms with Crippen LogP contribution in [0.2, 0.25) is 0 Å². The van der Waals surface area contributed by atoms with Crippen molar-refractivity contribution in [3.05, 3.63) is 6.54 Å². The highest BCUT2D eigenvalue weighted by Gasteiger charge is 1.93. The largest absolute Gasteiger partial charge is 0.310 e. The van der Waals surface area contributed by atoms with Crippen molar-refractivity contribution in [3.8, 4) is 0 Å². The molecule has 0 aromatic carbocycles. The Morgan fingerprint density at radius 3 is 2.00 bits per heavy atom. The van der Waals surface area contributed by atoms with Crippen molar-refractivity contribution in [2.75, 3.05) is 0 Å². The minimum atomic E-state index is 0.563. The number of unbranched alkanes of at least 4 members (excludes halogenated alkanes) is 7. The molecule has 0 aliphatic rings. The zero-order valence-corrected chi connectivity index (χ0v) is 10.3. The second-order valence-corrected chi connectivity index (χ2v) is 4.39. The molecule has 1 radical (unpaired) electrons. The minimum Gasteiger partial charge on any atom is -0.310 e. The maximum absolute atomic E-state index is 10.1. The molecule has 0 aliphatic carbocycles. The van der Waals surface area contributed by atoms with Crippen LogP contribution in [0.3, 0.4) is 0 Å². The van der Waals surface area contributed by atoms with E-state index in [-0.39, 0.29) is 0 Å². The van der Waals surface area contributed by atoms with Crippen molar-refractivity contribution < 1.29 is 4.79 Å². The fourth-order valence-electron chi connectivity index (χ4n) is 1.50. The summed E-state index contributed by atoms with van der Waals surface area (Å²) in [5.41, 5.74) is 0. The van der Waals surface area contributed by atoms with Crippen LogP contribution >= 0.6 is 0 Å². The molecule has 0 spiro atoms. The van der Waals surface area contributed by atoms with Gasteiger partial charge in [0, 0.05) is 19.0 Å². The van der Waals surface area contributed by atoms with E-state index in [1.54, 1.807) is 0 Å². The lowest BCUT2D eigenvalue weighted by molar-refractivity contribution is -0.107. The van der Waals surface area contributed by atoms with E-state index >= 15 is 0 Å². The van der Waals surface area contributed by atoms with Gasteiger partial charge in [0.2, 0.25) is 0 Å². The highest BCUT2D eigenvalue weighted by Crippen LogP contribution is 2.08. The van der Waals surface area contributed by atoms with Crippen LogP contribution in [0.1, 0.15) is 65.2 Å². The summed E-state index contributed by atoms with van der Waals surface area (Å²) in [4.78, 5) is 10.1. The van der Waals surface area contributed by atoms with E-state index in [1.807, 2.05) is 0 Å². The van der Waals surface area contributed by atoms with Gasteiger partial charge in [0.05, 0.1) is 0 Å².